The minimum absolute atomic E-state index is 0.0492. The van der Waals surface area contributed by atoms with Gasteiger partial charge in [-0.15, -0.1) is 0 Å². The van der Waals surface area contributed by atoms with Gasteiger partial charge in [-0.05, 0) is 25.5 Å². The van der Waals surface area contributed by atoms with Gasteiger partial charge in [0.2, 0.25) is 0 Å². The molecule has 0 N–H and O–H groups in total. The van der Waals surface area contributed by atoms with Gasteiger partial charge in [0.25, 0.3) is 0 Å². The largest absolute Gasteiger partial charge is 0.465 e. The van der Waals surface area contributed by atoms with Crippen LogP contribution in [0.3, 0.4) is 0 Å². The SMILES string of the molecule is COC(=O)c1cc(C)c(OC(C)=O)c(OC(C)=O)c1C. The number of methoxy groups -OCH3 is 1. The molecule has 0 fully saturated rings. The molecule has 1 aromatic rings. The molecular formula is C14H16O6. The van der Waals surface area contributed by atoms with E-state index in [1.165, 1.54) is 27.0 Å². The predicted octanol–water partition coefficient (Wildman–Crippen LogP) is 1.94. The normalized spacial score (nSPS) is 9.85. The lowest BCUT2D eigenvalue weighted by Crippen LogP contribution is -2.13. The van der Waals surface area contributed by atoms with Crippen molar-refractivity contribution in [3.8, 4) is 11.5 Å². The van der Waals surface area contributed by atoms with Gasteiger partial charge in [-0.3, -0.25) is 9.59 Å². The summed E-state index contributed by atoms with van der Waals surface area (Å²) in [4.78, 5) is 34.0. The Hall–Kier alpha value is -2.37. The molecule has 0 spiro atoms. The molecule has 0 saturated heterocycles. The van der Waals surface area contributed by atoms with Gasteiger partial charge >= 0.3 is 17.9 Å². The monoisotopic (exact) mass is 280 g/mol. The van der Waals surface area contributed by atoms with Gasteiger partial charge in [0.1, 0.15) is 0 Å². The summed E-state index contributed by atoms with van der Waals surface area (Å²) >= 11 is 0. The molecule has 6 heteroatoms. The van der Waals surface area contributed by atoms with Crippen molar-refractivity contribution >= 4 is 17.9 Å². The number of aryl methyl sites for hydroxylation is 1. The van der Waals surface area contributed by atoms with Crippen molar-refractivity contribution in [3.63, 3.8) is 0 Å². The summed E-state index contributed by atoms with van der Waals surface area (Å²) in [5.74, 6) is -1.52. The van der Waals surface area contributed by atoms with E-state index in [-0.39, 0.29) is 17.1 Å². The van der Waals surface area contributed by atoms with Crippen molar-refractivity contribution in [2.24, 2.45) is 0 Å². The van der Waals surface area contributed by atoms with Gasteiger partial charge in [0.15, 0.2) is 11.5 Å². The molecule has 0 aliphatic rings. The lowest BCUT2D eigenvalue weighted by molar-refractivity contribution is -0.134. The van der Waals surface area contributed by atoms with E-state index in [9.17, 15) is 14.4 Å². The summed E-state index contributed by atoms with van der Waals surface area (Å²) in [5, 5.41) is 0. The Bertz CT molecular complexity index is 574. The van der Waals surface area contributed by atoms with E-state index in [1.54, 1.807) is 13.8 Å². The molecule has 6 nitrogen and oxygen atoms in total. The van der Waals surface area contributed by atoms with Crippen molar-refractivity contribution < 1.29 is 28.6 Å². The first-order valence-corrected chi connectivity index (χ1v) is 5.87. The van der Waals surface area contributed by atoms with E-state index in [1.807, 2.05) is 0 Å². The number of benzene rings is 1. The molecule has 0 unspecified atom stereocenters. The van der Waals surface area contributed by atoms with Crippen molar-refractivity contribution in [3.05, 3.63) is 22.8 Å². The fraction of sp³-hybridized carbons (Fsp3) is 0.357. The van der Waals surface area contributed by atoms with Crippen LogP contribution in [0, 0.1) is 13.8 Å². The quantitative estimate of drug-likeness (QED) is 0.622. The second-order valence-corrected chi connectivity index (χ2v) is 4.20. The fourth-order valence-electron chi connectivity index (χ4n) is 1.72. The second-order valence-electron chi connectivity index (χ2n) is 4.20. The van der Waals surface area contributed by atoms with E-state index in [4.69, 9.17) is 9.47 Å². The molecule has 0 aromatic heterocycles. The van der Waals surface area contributed by atoms with E-state index in [0.717, 1.165) is 0 Å². The van der Waals surface area contributed by atoms with E-state index in [0.29, 0.717) is 11.1 Å². The standard InChI is InChI=1S/C14H16O6/c1-7-6-11(14(17)18-5)8(2)13(20-10(4)16)12(7)19-9(3)15/h6H,1-5H3. The third kappa shape index (κ3) is 3.34. The first kappa shape index (κ1) is 15.7. The zero-order valence-corrected chi connectivity index (χ0v) is 12.0. The van der Waals surface area contributed by atoms with Crippen molar-refractivity contribution in [2.75, 3.05) is 7.11 Å². The van der Waals surface area contributed by atoms with Crippen LogP contribution in [0.1, 0.15) is 35.3 Å². The summed E-state index contributed by atoms with van der Waals surface area (Å²) in [6.45, 7) is 5.67. The van der Waals surface area contributed by atoms with E-state index >= 15 is 0 Å². The number of carbonyl (C=O) groups is 3. The number of hydrogen-bond acceptors (Lipinski definition) is 6. The second kappa shape index (κ2) is 6.18. The van der Waals surface area contributed by atoms with Crippen LogP contribution in [0.5, 0.6) is 11.5 Å². The van der Waals surface area contributed by atoms with Gasteiger partial charge in [-0.2, -0.15) is 0 Å². The molecule has 0 saturated carbocycles. The fourth-order valence-corrected chi connectivity index (χ4v) is 1.72. The third-order valence-electron chi connectivity index (χ3n) is 2.57. The average Bonchev–Trinajstić information content (AvgIpc) is 2.36. The Labute approximate surface area is 116 Å². The lowest BCUT2D eigenvalue weighted by atomic mass is 10.0. The molecule has 0 amide bonds. The summed E-state index contributed by atoms with van der Waals surface area (Å²) in [5.41, 5.74) is 1.11. The van der Waals surface area contributed by atoms with Crippen LogP contribution in [0.25, 0.3) is 0 Å². The van der Waals surface area contributed by atoms with Gasteiger partial charge in [-0.25, -0.2) is 4.79 Å². The highest BCUT2D eigenvalue weighted by Gasteiger charge is 2.22. The number of esters is 3. The molecule has 20 heavy (non-hydrogen) atoms. The van der Waals surface area contributed by atoms with Crippen molar-refractivity contribution in [1.29, 1.82) is 0 Å². The third-order valence-corrected chi connectivity index (χ3v) is 2.57. The molecule has 1 rings (SSSR count). The van der Waals surface area contributed by atoms with Gasteiger partial charge in [0.05, 0.1) is 12.7 Å². The molecular weight excluding hydrogens is 264 g/mol. The minimum atomic E-state index is -0.581. The molecule has 0 radical (unpaired) electrons. The van der Waals surface area contributed by atoms with Crippen LogP contribution < -0.4 is 9.47 Å². The van der Waals surface area contributed by atoms with Gasteiger partial charge in [-0.1, -0.05) is 0 Å². The first-order valence-electron chi connectivity index (χ1n) is 5.87. The van der Waals surface area contributed by atoms with Crippen LogP contribution in [0.4, 0.5) is 0 Å². The minimum Gasteiger partial charge on any atom is -0.465 e. The Balaban J connectivity index is 3.52. The maximum Gasteiger partial charge on any atom is 0.338 e. The Morgan fingerprint density at radius 2 is 1.45 bits per heavy atom. The molecule has 1 aromatic carbocycles. The lowest BCUT2D eigenvalue weighted by Gasteiger charge is -2.16. The Morgan fingerprint density at radius 1 is 0.950 bits per heavy atom. The Morgan fingerprint density at radius 3 is 1.90 bits per heavy atom. The number of ether oxygens (including phenoxy) is 3. The van der Waals surface area contributed by atoms with Crippen LogP contribution in [-0.2, 0) is 14.3 Å². The van der Waals surface area contributed by atoms with E-state index in [2.05, 4.69) is 4.74 Å². The van der Waals surface area contributed by atoms with Crippen molar-refractivity contribution in [1.82, 2.24) is 0 Å². The average molecular weight is 280 g/mol. The number of hydrogen-bond donors (Lipinski definition) is 0. The summed E-state index contributed by atoms with van der Waals surface area (Å²) in [7, 11) is 1.25. The molecule has 0 aliphatic carbocycles. The van der Waals surface area contributed by atoms with Crippen molar-refractivity contribution in [2.45, 2.75) is 27.7 Å². The van der Waals surface area contributed by atoms with Crippen LogP contribution >= 0.6 is 0 Å². The Kier molecular flexibility index (Phi) is 4.85. The maximum atomic E-state index is 11.7. The van der Waals surface area contributed by atoms with Gasteiger partial charge in [0, 0.05) is 19.4 Å². The number of carbonyl (C=O) groups excluding carboxylic acids is 3. The summed E-state index contributed by atoms with van der Waals surface area (Å²) in [6, 6.07) is 1.52. The number of rotatable bonds is 3. The van der Waals surface area contributed by atoms with Crippen LogP contribution in [-0.4, -0.2) is 25.0 Å². The molecule has 0 atom stereocenters. The topological polar surface area (TPSA) is 78.9 Å². The summed E-state index contributed by atoms with van der Waals surface area (Å²) < 4.78 is 14.8. The molecule has 0 heterocycles. The smallest absolute Gasteiger partial charge is 0.338 e. The molecule has 0 aliphatic heterocycles. The maximum absolute atomic E-state index is 11.7. The van der Waals surface area contributed by atoms with E-state index < -0.39 is 17.9 Å². The first-order chi connectivity index (χ1) is 9.27. The highest BCUT2D eigenvalue weighted by molar-refractivity contribution is 5.93. The highest BCUT2D eigenvalue weighted by atomic mass is 16.6. The summed E-state index contributed by atoms with van der Waals surface area (Å²) in [6.07, 6.45) is 0. The predicted molar refractivity (Wildman–Crippen MR) is 69.9 cm³/mol. The zero-order valence-electron chi connectivity index (χ0n) is 12.0. The van der Waals surface area contributed by atoms with Crippen LogP contribution in [0.2, 0.25) is 0 Å². The molecule has 0 bridgehead atoms. The molecule has 108 valence electrons. The zero-order chi connectivity index (χ0) is 15.4. The van der Waals surface area contributed by atoms with Crippen LogP contribution in [0.15, 0.2) is 6.07 Å². The van der Waals surface area contributed by atoms with Gasteiger partial charge < -0.3 is 14.2 Å². The highest BCUT2D eigenvalue weighted by Crippen LogP contribution is 2.37.